The second-order valence-electron chi connectivity index (χ2n) is 5.70. The van der Waals surface area contributed by atoms with Gasteiger partial charge in [0.25, 0.3) is 0 Å². The van der Waals surface area contributed by atoms with Crippen molar-refractivity contribution in [3.05, 3.63) is 66.0 Å². The average Bonchev–Trinajstić information content (AvgIpc) is 2.62. The molecular weight excluding hydrogens is 274 g/mol. The zero-order chi connectivity index (χ0) is 15.4. The molecule has 1 saturated heterocycles. The minimum absolute atomic E-state index is 0.0996. The van der Waals surface area contributed by atoms with Crippen LogP contribution in [0, 0.1) is 0 Å². The van der Waals surface area contributed by atoms with E-state index in [-0.39, 0.29) is 17.9 Å². The van der Waals surface area contributed by atoms with Crippen LogP contribution >= 0.6 is 0 Å². The Morgan fingerprint density at radius 2 is 1.95 bits per heavy atom. The molecule has 0 bridgehead atoms. The van der Waals surface area contributed by atoms with Crippen molar-refractivity contribution in [2.24, 2.45) is 0 Å². The van der Waals surface area contributed by atoms with Crippen molar-refractivity contribution < 1.29 is 4.79 Å². The Morgan fingerprint density at radius 1 is 1.23 bits per heavy atom. The molecule has 2 aromatic rings. The molecule has 3 rings (SSSR count). The largest absolute Gasteiger partial charge is 0.339 e. The summed E-state index contributed by atoms with van der Waals surface area (Å²) in [5, 5.41) is 3.48. The molecule has 0 aliphatic carbocycles. The van der Waals surface area contributed by atoms with Crippen LogP contribution in [0.4, 0.5) is 0 Å². The van der Waals surface area contributed by atoms with Gasteiger partial charge in [-0.25, -0.2) is 0 Å². The predicted molar refractivity (Wildman–Crippen MR) is 86.4 cm³/mol. The molecule has 0 unspecified atom stereocenters. The summed E-state index contributed by atoms with van der Waals surface area (Å²) in [5.41, 5.74) is 2.26. The van der Waals surface area contributed by atoms with E-state index in [1.54, 1.807) is 12.4 Å². The van der Waals surface area contributed by atoms with E-state index in [1.165, 1.54) is 5.56 Å². The number of piperazine rings is 1. The van der Waals surface area contributed by atoms with Crippen molar-refractivity contribution in [1.82, 2.24) is 15.2 Å². The Bertz CT molecular complexity index is 615. The Balaban J connectivity index is 1.70. The SMILES string of the molecule is C[C@@H](C(=O)N1CCN[C@H](c2ccncc2)C1)c1ccccc1. The third-order valence-electron chi connectivity index (χ3n) is 4.27. The zero-order valence-electron chi connectivity index (χ0n) is 12.8. The molecule has 2 atom stereocenters. The number of hydrogen-bond donors (Lipinski definition) is 1. The molecule has 0 spiro atoms. The third-order valence-corrected chi connectivity index (χ3v) is 4.27. The lowest BCUT2D eigenvalue weighted by Gasteiger charge is -2.35. The van der Waals surface area contributed by atoms with Crippen molar-refractivity contribution in [2.45, 2.75) is 18.9 Å². The maximum absolute atomic E-state index is 12.8. The summed E-state index contributed by atoms with van der Waals surface area (Å²) in [5.74, 6) is 0.101. The molecule has 0 saturated carbocycles. The topological polar surface area (TPSA) is 45.2 Å². The molecule has 1 aliphatic heterocycles. The van der Waals surface area contributed by atoms with E-state index in [1.807, 2.05) is 54.3 Å². The molecule has 1 N–H and O–H groups in total. The number of pyridine rings is 1. The lowest BCUT2D eigenvalue weighted by Crippen LogP contribution is -2.49. The number of carbonyl (C=O) groups is 1. The van der Waals surface area contributed by atoms with Crippen LogP contribution in [0.25, 0.3) is 0 Å². The van der Waals surface area contributed by atoms with Crippen molar-refractivity contribution in [3.8, 4) is 0 Å². The Hall–Kier alpha value is -2.20. The Morgan fingerprint density at radius 3 is 2.68 bits per heavy atom. The molecule has 22 heavy (non-hydrogen) atoms. The number of nitrogens with one attached hydrogen (secondary N) is 1. The van der Waals surface area contributed by atoms with E-state index < -0.39 is 0 Å². The second kappa shape index (κ2) is 6.71. The van der Waals surface area contributed by atoms with Gasteiger partial charge in [-0.3, -0.25) is 9.78 Å². The lowest BCUT2D eigenvalue weighted by molar-refractivity contribution is -0.133. The van der Waals surface area contributed by atoms with E-state index in [0.29, 0.717) is 6.54 Å². The molecule has 1 aromatic heterocycles. The Kier molecular flexibility index (Phi) is 4.49. The van der Waals surface area contributed by atoms with Gasteiger partial charge in [0, 0.05) is 32.0 Å². The maximum Gasteiger partial charge on any atom is 0.229 e. The molecule has 0 radical (unpaired) electrons. The first kappa shape index (κ1) is 14.7. The smallest absolute Gasteiger partial charge is 0.229 e. The van der Waals surface area contributed by atoms with Crippen molar-refractivity contribution in [2.75, 3.05) is 19.6 Å². The van der Waals surface area contributed by atoms with Gasteiger partial charge in [-0.15, -0.1) is 0 Å². The number of carbonyl (C=O) groups excluding carboxylic acids is 1. The minimum Gasteiger partial charge on any atom is -0.339 e. The van der Waals surface area contributed by atoms with Crippen LogP contribution in [0.3, 0.4) is 0 Å². The van der Waals surface area contributed by atoms with E-state index in [2.05, 4.69) is 10.3 Å². The molecule has 1 fully saturated rings. The number of aromatic nitrogens is 1. The highest BCUT2D eigenvalue weighted by atomic mass is 16.2. The summed E-state index contributed by atoms with van der Waals surface area (Å²) in [6.07, 6.45) is 3.59. The summed E-state index contributed by atoms with van der Waals surface area (Å²) < 4.78 is 0. The highest BCUT2D eigenvalue weighted by molar-refractivity contribution is 5.83. The van der Waals surface area contributed by atoms with Gasteiger partial charge in [-0.05, 0) is 30.2 Å². The fourth-order valence-electron chi connectivity index (χ4n) is 2.93. The highest BCUT2D eigenvalue weighted by Gasteiger charge is 2.27. The predicted octanol–water partition coefficient (Wildman–Crippen LogP) is 2.36. The highest BCUT2D eigenvalue weighted by Crippen LogP contribution is 2.22. The molecule has 114 valence electrons. The van der Waals surface area contributed by atoms with Crippen LogP contribution in [-0.4, -0.2) is 35.4 Å². The average molecular weight is 295 g/mol. The fourth-order valence-corrected chi connectivity index (χ4v) is 2.93. The summed E-state index contributed by atoms with van der Waals surface area (Å²) in [6, 6.07) is 14.2. The zero-order valence-corrected chi connectivity index (χ0v) is 12.8. The van der Waals surface area contributed by atoms with Gasteiger partial charge in [0.2, 0.25) is 5.91 Å². The van der Waals surface area contributed by atoms with Gasteiger partial charge in [0.1, 0.15) is 0 Å². The van der Waals surface area contributed by atoms with Crippen molar-refractivity contribution in [3.63, 3.8) is 0 Å². The van der Waals surface area contributed by atoms with Crippen LogP contribution < -0.4 is 5.32 Å². The first-order valence-electron chi connectivity index (χ1n) is 7.73. The summed E-state index contributed by atoms with van der Waals surface area (Å²) >= 11 is 0. The van der Waals surface area contributed by atoms with Crippen LogP contribution in [0.5, 0.6) is 0 Å². The number of amides is 1. The molecule has 1 aromatic carbocycles. The number of nitrogens with zero attached hydrogens (tertiary/aromatic N) is 2. The lowest BCUT2D eigenvalue weighted by atomic mass is 9.98. The first-order valence-corrected chi connectivity index (χ1v) is 7.73. The summed E-state index contributed by atoms with van der Waals surface area (Å²) in [6.45, 7) is 4.28. The van der Waals surface area contributed by atoms with Gasteiger partial charge in [0.05, 0.1) is 12.0 Å². The molecule has 2 heterocycles. The van der Waals surface area contributed by atoms with Gasteiger partial charge in [0.15, 0.2) is 0 Å². The minimum atomic E-state index is -0.0996. The molecular formula is C18H21N3O. The molecule has 1 aliphatic rings. The monoisotopic (exact) mass is 295 g/mol. The maximum atomic E-state index is 12.8. The van der Waals surface area contributed by atoms with Crippen molar-refractivity contribution in [1.29, 1.82) is 0 Å². The number of benzene rings is 1. The number of hydrogen-bond acceptors (Lipinski definition) is 3. The van der Waals surface area contributed by atoms with E-state index >= 15 is 0 Å². The van der Waals surface area contributed by atoms with Gasteiger partial charge >= 0.3 is 0 Å². The van der Waals surface area contributed by atoms with Gasteiger partial charge in [-0.2, -0.15) is 0 Å². The Labute approximate surface area is 131 Å². The molecule has 4 heteroatoms. The van der Waals surface area contributed by atoms with Gasteiger partial charge in [-0.1, -0.05) is 30.3 Å². The third kappa shape index (κ3) is 3.17. The van der Waals surface area contributed by atoms with E-state index in [4.69, 9.17) is 0 Å². The molecule has 4 nitrogen and oxygen atoms in total. The second-order valence-corrected chi connectivity index (χ2v) is 5.70. The first-order chi connectivity index (χ1) is 10.8. The fraction of sp³-hybridized carbons (Fsp3) is 0.333. The normalized spacial score (nSPS) is 19.7. The quantitative estimate of drug-likeness (QED) is 0.945. The van der Waals surface area contributed by atoms with E-state index in [9.17, 15) is 4.79 Å². The van der Waals surface area contributed by atoms with Crippen LogP contribution in [0.15, 0.2) is 54.9 Å². The van der Waals surface area contributed by atoms with E-state index in [0.717, 1.165) is 18.7 Å². The van der Waals surface area contributed by atoms with Gasteiger partial charge < -0.3 is 10.2 Å². The van der Waals surface area contributed by atoms with Crippen molar-refractivity contribution >= 4 is 5.91 Å². The summed E-state index contributed by atoms with van der Waals surface area (Å²) in [4.78, 5) is 18.8. The van der Waals surface area contributed by atoms with Crippen LogP contribution in [-0.2, 0) is 4.79 Å². The van der Waals surface area contributed by atoms with Crippen LogP contribution in [0.1, 0.15) is 30.0 Å². The van der Waals surface area contributed by atoms with Crippen LogP contribution in [0.2, 0.25) is 0 Å². The summed E-state index contributed by atoms with van der Waals surface area (Å²) in [7, 11) is 0. The standard InChI is InChI=1S/C18H21N3O/c1-14(15-5-3-2-4-6-15)18(22)21-12-11-20-17(13-21)16-7-9-19-10-8-16/h2-10,14,17,20H,11-13H2,1H3/t14-,17+/m1/s1. The molecule has 1 amide bonds. The number of rotatable bonds is 3.